The van der Waals surface area contributed by atoms with Crippen molar-refractivity contribution in [3.05, 3.63) is 46.4 Å². The molecular formula is C14H9ClN4S. The van der Waals surface area contributed by atoms with Crippen LogP contribution in [0.2, 0.25) is 5.02 Å². The Kier molecular flexibility index (Phi) is 3.18. The van der Waals surface area contributed by atoms with Gasteiger partial charge in [0.15, 0.2) is 0 Å². The Labute approximate surface area is 124 Å². The molecule has 0 bridgehead atoms. The van der Waals surface area contributed by atoms with Crippen molar-refractivity contribution < 1.29 is 0 Å². The summed E-state index contributed by atoms with van der Waals surface area (Å²) in [6.45, 7) is 0. The van der Waals surface area contributed by atoms with Gasteiger partial charge in [0.25, 0.3) is 0 Å². The number of fused-ring (bicyclic) bond motifs is 1. The Morgan fingerprint density at radius 2 is 2.10 bits per heavy atom. The molecule has 0 saturated carbocycles. The molecule has 0 aliphatic carbocycles. The van der Waals surface area contributed by atoms with Gasteiger partial charge in [-0.05, 0) is 30.3 Å². The summed E-state index contributed by atoms with van der Waals surface area (Å²) in [6.07, 6.45) is 0. The van der Waals surface area contributed by atoms with Crippen LogP contribution in [0.1, 0.15) is 5.56 Å². The quantitative estimate of drug-likeness (QED) is 0.697. The molecule has 0 amide bonds. The Morgan fingerprint density at radius 3 is 2.90 bits per heavy atom. The number of anilines is 3. The number of nitrogens with two attached hydrogens (primary N) is 1. The zero-order valence-corrected chi connectivity index (χ0v) is 11.8. The molecule has 0 fully saturated rings. The van der Waals surface area contributed by atoms with Crippen molar-refractivity contribution in [3.63, 3.8) is 0 Å². The van der Waals surface area contributed by atoms with Crippen molar-refractivity contribution >= 4 is 50.2 Å². The fourth-order valence-corrected chi connectivity index (χ4v) is 2.75. The summed E-state index contributed by atoms with van der Waals surface area (Å²) in [7, 11) is 0. The standard InChI is InChI=1S/C14H9ClN4S/c15-9-2-1-8(6-16)5-11(9)19-10-3-4-12-14(13(10)17)18-7-20-12/h1-5,7,19H,17H2. The number of hydrogen-bond donors (Lipinski definition) is 2. The number of nitrogen functional groups attached to an aromatic ring is 1. The Morgan fingerprint density at radius 1 is 1.25 bits per heavy atom. The lowest BCUT2D eigenvalue weighted by atomic mass is 10.2. The molecule has 6 heteroatoms. The molecule has 3 N–H and O–H groups in total. The highest BCUT2D eigenvalue weighted by Crippen LogP contribution is 2.34. The fourth-order valence-electron chi connectivity index (χ4n) is 1.90. The molecule has 0 aliphatic rings. The van der Waals surface area contributed by atoms with Crippen molar-refractivity contribution in [1.82, 2.24) is 4.98 Å². The molecule has 0 aliphatic heterocycles. The lowest BCUT2D eigenvalue weighted by Gasteiger charge is -2.11. The highest BCUT2D eigenvalue weighted by Gasteiger charge is 2.09. The van der Waals surface area contributed by atoms with Crippen LogP contribution in [0.5, 0.6) is 0 Å². The van der Waals surface area contributed by atoms with Gasteiger partial charge < -0.3 is 11.1 Å². The first kappa shape index (κ1) is 12.7. The van der Waals surface area contributed by atoms with Crippen molar-refractivity contribution in [2.45, 2.75) is 0 Å². The lowest BCUT2D eigenvalue weighted by molar-refractivity contribution is 1.46. The molecule has 0 saturated heterocycles. The number of nitriles is 1. The third-order valence-corrected chi connectivity index (χ3v) is 4.03. The van der Waals surface area contributed by atoms with E-state index in [9.17, 15) is 0 Å². The molecule has 0 radical (unpaired) electrons. The van der Waals surface area contributed by atoms with Crippen LogP contribution in [0.25, 0.3) is 10.2 Å². The van der Waals surface area contributed by atoms with Gasteiger partial charge >= 0.3 is 0 Å². The smallest absolute Gasteiger partial charge is 0.106 e. The molecule has 3 rings (SSSR count). The fraction of sp³-hybridized carbons (Fsp3) is 0. The maximum Gasteiger partial charge on any atom is 0.106 e. The van der Waals surface area contributed by atoms with E-state index < -0.39 is 0 Å². The Balaban J connectivity index is 2.05. The predicted molar refractivity (Wildman–Crippen MR) is 83.5 cm³/mol. The molecule has 4 nitrogen and oxygen atoms in total. The molecule has 0 atom stereocenters. The van der Waals surface area contributed by atoms with Gasteiger partial charge in [-0.3, -0.25) is 0 Å². The van der Waals surface area contributed by atoms with E-state index in [-0.39, 0.29) is 0 Å². The van der Waals surface area contributed by atoms with Gasteiger partial charge in [0.1, 0.15) is 5.52 Å². The second-order valence-electron chi connectivity index (χ2n) is 4.16. The normalized spacial score (nSPS) is 10.4. The molecule has 1 aromatic heterocycles. The van der Waals surface area contributed by atoms with E-state index in [0.717, 1.165) is 15.9 Å². The minimum absolute atomic E-state index is 0.529. The summed E-state index contributed by atoms with van der Waals surface area (Å²) in [5.74, 6) is 0. The van der Waals surface area contributed by atoms with Crippen LogP contribution in [0.3, 0.4) is 0 Å². The average molecular weight is 301 g/mol. The van der Waals surface area contributed by atoms with Crippen molar-refractivity contribution in [2.75, 3.05) is 11.1 Å². The number of rotatable bonds is 2. The Bertz CT molecular complexity index is 835. The third kappa shape index (κ3) is 2.16. The van der Waals surface area contributed by atoms with Crippen LogP contribution in [0, 0.1) is 11.3 Å². The highest BCUT2D eigenvalue weighted by atomic mass is 35.5. The SMILES string of the molecule is N#Cc1ccc(Cl)c(Nc2ccc3scnc3c2N)c1. The number of nitrogens with zero attached hydrogens (tertiary/aromatic N) is 2. The molecule has 1 heterocycles. The topological polar surface area (TPSA) is 74.7 Å². The number of aromatic nitrogens is 1. The molecular weight excluding hydrogens is 292 g/mol. The van der Waals surface area contributed by atoms with Gasteiger partial charge in [-0.1, -0.05) is 11.6 Å². The van der Waals surface area contributed by atoms with Crippen LogP contribution < -0.4 is 11.1 Å². The summed E-state index contributed by atoms with van der Waals surface area (Å²) in [4.78, 5) is 4.24. The molecule has 0 unspecified atom stereocenters. The zero-order chi connectivity index (χ0) is 14.1. The van der Waals surface area contributed by atoms with Crippen molar-refractivity contribution in [3.8, 4) is 6.07 Å². The van der Waals surface area contributed by atoms with Crippen LogP contribution in [0.4, 0.5) is 17.1 Å². The van der Waals surface area contributed by atoms with Crippen molar-refractivity contribution in [1.29, 1.82) is 5.26 Å². The Hall–Kier alpha value is -2.29. The number of hydrogen-bond acceptors (Lipinski definition) is 5. The summed E-state index contributed by atoms with van der Waals surface area (Å²) in [5.41, 5.74) is 11.1. The summed E-state index contributed by atoms with van der Waals surface area (Å²) in [6, 6.07) is 10.9. The van der Waals surface area contributed by atoms with E-state index in [2.05, 4.69) is 16.4 Å². The minimum atomic E-state index is 0.529. The predicted octanol–water partition coefficient (Wildman–Crippen LogP) is 4.15. The van der Waals surface area contributed by atoms with Gasteiger partial charge in [-0.2, -0.15) is 5.26 Å². The largest absolute Gasteiger partial charge is 0.395 e. The number of benzene rings is 2. The van der Waals surface area contributed by atoms with Gasteiger partial charge in [-0.15, -0.1) is 11.3 Å². The maximum atomic E-state index is 8.93. The van der Waals surface area contributed by atoms with E-state index in [1.54, 1.807) is 23.7 Å². The van der Waals surface area contributed by atoms with E-state index in [4.69, 9.17) is 22.6 Å². The maximum absolute atomic E-state index is 8.93. The van der Waals surface area contributed by atoms with Gasteiger partial charge in [0.05, 0.1) is 43.9 Å². The highest BCUT2D eigenvalue weighted by molar-refractivity contribution is 7.16. The molecule has 2 aromatic carbocycles. The average Bonchev–Trinajstić information content (AvgIpc) is 2.93. The molecule has 20 heavy (non-hydrogen) atoms. The summed E-state index contributed by atoms with van der Waals surface area (Å²) in [5, 5.41) is 12.6. The molecule has 3 aromatic rings. The zero-order valence-electron chi connectivity index (χ0n) is 10.2. The van der Waals surface area contributed by atoms with E-state index in [1.807, 2.05) is 12.1 Å². The van der Waals surface area contributed by atoms with Crippen LogP contribution in [-0.2, 0) is 0 Å². The summed E-state index contributed by atoms with van der Waals surface area (Å²) < 4.78 is 1.03. The van der Waals surface area contributed by atoms with Crippen molar-refractivity contribution in [2.24, 2.45) is 0 Å². The molecule has 98 valence electrons. The third-order valence-electron chi connectivity index (χ3n) is 2.91. The summed E-state index contributed by atoms with van der Waals surface area (Å²) >= 11 is 7.66. The number of halogens is 1. The number of thiazole rings is 1. The van der Waals surface area contributed by atoms with Gasteiger partial charge in [0.2, 0.25) is 0 Å². The second-order valence-corrected chi connectivity index (χ2v) is 5.45. The van der Waals surface area contributed by atoms with E-state index in [0.29, 0.717) is 22.0 Å². The minimum Gasteiger partial charge on any atom is -0.395 e. The van der Waals surface area contributed by atoms with Gasteiger partial charge in [0, 0.05) is 0 Å². The first-order valence-electron chi connectivity index (χ1n) is 5.77. The lowest BCUT2D eigenvalue weighted by Crippen LogP contribution is -1.98. The van der Waals surface area contributed by atoms with Crippen LogP contribution in [-0.4, -0.2) is 4.98 Å². The monoisotopic (exact) mass is 300 g/mol. The molecule has 0 spiro atoms. The van der Waals surface area contributed by atoms with E-state index >= 15 is 0 Å². The number of nitrogens with one attached hydrogen (secondary N) is 1. The van der Waals surface area contributed by atoms with Crippen LogP contribution in [0.15, 0.2) is 35.8 Å². The van der Waals surface area contributed by atoms with Crippen LogP contribution >= 0.6 is 22.9 Å². The first-order chi connectivity index (χ1) is 9.69. The first-order valence-corrected chi connectivity index (χ1v) is 7.03. The van der Waals surface area contributed by atoms with Gasteiger partial charge in [-0.25, -0.2) is 4.98 Å². The van der Waals surface area contributed by atoms with E-state index in [1.165, 1.54) is 11.3 Å². The second kappa shape index (κ2) is 5.00.